The molecule has 0 radical (unpaired) electrons. The zero-order chi connectivity index (χ0) is 34.4. The van der Waals surface area contributed by atoms with Gasteiger partial charge in [0.2, 0.25) is 0 Å². The minimum atomic E-state index is -1.61. The molecule has 0 aliphatic rings. The van der Waals surface area contributed by atoms with Gasteiger partial charge in [0.15, 0.2) is 8.32 Å². The van der Waals surface area contributed by atoms with Crippen LogP contribution < -0.4 is 0 Å². The van der Waals surface area contributed by atoms with Crippen LogP contribution in [0.5, 0.6) is 0 Å². The first kappa shape index (κ1) is 37.4. The number of hydrogen-bond donors (Lipinski definition) is 1. The Hall–Kier alpha value is -1.40. The highest BCUT2D eigenvalue weighted by atomic mass is 32.1. The fourth-order valence-electron chi connectivity index (χ4n) is 5.64. The van der Waals surface area contributed by atoms with E-state index in [9.17, 15) is 0 Å². The van der Waals surface area contributed by atoms with E-state index in [0.29, 0.717) is 11.6 Å². The fraction of sp³-hybridized carbons (Fsp3) is 0.450. The minimum absolute atomic E-state index is 0.297. The Labute approximate surface area is 318 Å². The Balaban J connectivity index is 0.987. The molecular weight excluding hydrogens is 733 g/mol. The summed E-state index contributed by atoms with van der Waals surface area (Å²) in [4.78, 5) is 14.0. The first-order chi connectivity index (χ1) is 23.6. The number of fused-ring (bicyclic) bond motifs is 1. The van der Waals surface area contributed by atoms with Gasteiger partial charge < -0.3 is 9.53 Å². The van der Waals surface area contributed by atoms with Crippen molar-refractivity contribution in [3.63, 3.8) is 0 Å². The molecular formula is C40H50O2S6Si. The Kier molecular flexibility index (Phi) is 12.9. The van der Waals surface area contributed by atoms with Gasteiger partial charge in [-0.05, 0) is 117 Å². The van der Waals surface area contributed by atoms with Crippen LogP contribution in [0.2, 0.25) is 18.1 Å². The fourth-order valence-corrected chi connectivity index (χ4v) is 13.6. The zero-order valence-electron chi connectivity index (χ0n) is 29.6. The number of rotatable bonds is 18. The normalized spacial score (nSPS) is 12.5. The molecule has 0 atom stereocenters. The van der Waals surface area contributed by atoms with E-state index >= 15 is 0 Å². The predicted molar refractivity (Wildman–Crippen MR) is 228 cm³/mol. The van der Waals surface area contributed by atoms with Crippen molar-refractivity contribution in [2.24, 2.45) is 0 Å². The second kappa shape index (κ2) is 17.0. The van der Waals surface area contributed by atoms with Crippen LogP contribution >= 0.6 is 68.0 Å². The topological polar surface area (TPSA) is 29.5 Å². The Morgan fingerprint density at radius 3 is 1.39 bits per heavy atom. The third-order valence-corrected chi connectivity index (χ3v) is 21.7. The maximum Gasteiger partial charge on any atom is 0.191 e. The first-order valence-electron chi connectivity index (χ1n) is 17.8. The summed E-state index contributed by atoms with van der Waals surface area (Å²) in [6.07, 6.45) is 11.8. The largest absolute Gasteiger partial charge is 0.417 e. The molecule has 6 aromatic rings. The second-order valence-electron chi connectivity index (χ2n) is 14.5. The van der Waals surface area contributed by atoms with E-state index in [-0.39, 0.29) is 0 Å². The number of thiophene rings is 6. The van der Waals surface area contributed by atoms with Gasteiger partial charge >= 0.3 is 0 Å². The highest BCUT2D eigenvalue weighted by Crippen LogP contribution is 2.47. The molecule has 1 N–H and O–H groups in total. The summed E-state index contributed by atoms with van der Waals surface area (Å²) >= 11 is 11.6. The summed E-state index contributed by atoms with van der Waals surface area (Å²) in [5, 5.41) is 9.28. The van der Waals surface area contributed by atoms with E-state index in [2.05, 4.69) is 94.5 Å². The molecule has 262 valence electrons. The lowest BCUT2D eigenvalue weighted by atomic mass is 10.1. The Morgan fingerprint density at radius 1 is 0.510 bits per heavy atom. The number of aryl methyl sites for hydroxylation is 2. The summed E-state index contributed by atoms with van der Waals surface area (Å²) in [7, 11) is -1.61. The van der Waals surface area contributed by atoms with Crippen molar-refractivity contribution in [3.8, 4) is 39.0 Å². The zero-order valence-corrected chi connectivity index (χ0v) is 35.5. The van der Waals surface area contributed by atoms with Crippen LogP contribution in [0.4, 0.5) is 0 Å². The standard InChI is InChI=1S/C40H50O2S6Si/c1-40(2,3)49(4,5)42-25-13-9-7-11-15-29-17-19-31(44-29)33-21-23-35(46-33)37-27-39-38(48-37)26-36(47-39)34-22-20-32(45-34)30-18-16-28(43-30)14-10-6-8-12-24-41/h16-23,26-27,41H,6-15,24-25H2,1-5H3. The molecule has 2 nitrogen and oxygen atoms in total. The van der Waals surface area contributed by atoms with Crippen molar-refractivity contribution in [1.29, 1.82) is 0 Å². The molecule has 0 saturated carbocycles. The van der Waals surface area contributed by atoms with Crippen molar-refractivity contribution >= 4 is 85.7 Å². The van der Waals surface area contributed by atoms with Gasteiger partial charge in [0.1, 0.15) is 0 Å². The van der Waals surface area contributed by atoms with Crippen LogP contribution in [0.25, 0.3) is 48.4 Å². The van der Waals surface area contributed by atoms with Gasteiger partial charge in [0.05, 0.1) is 0 Å². The third kappa shape index (κ3) is 9.73. The summed E-state index contributed by atoms with van der Waals surface area (Å²) in [5.74, 6) is 0. The lowest BCUT2D eigenvalue weighted by Gasteiger charge is -2.36. The maximum atomic E-state index is 8.99. The molecule has 0 aromatic carbocycles. The summed E-state index contributed by atoms with van der Waals surface area (Å²) in [6, 6.07) is 23.3. The third-order valence-electron chi connectivity index (χ3n) is 9.63. The predicted octanol–water partition coefficient (Wildman–Crippen LogP) is 15.1. The number of aliphatic hydroxyl groups excluding tert-OH is 1. The molecule has 6 heterocycles. The Bertz CT molecular complexity index is 1870. The molecule has 6 rings (SSSR count). The van der Waals surface area contributed by atoms with Crippen LogP contribution in [0.3, 0.4) is 0 Å². The highest BCUT2D eigenvalue weighted by molar-refractivity contribution is 7.34. The van der Waals surface area contributed by atoms with E-state index in [4.69, 9.17) is 9.53 Å². The molecule has 6 aromatic heterocycles. The van der Waals surface area contributed by atoms with Crippen LogP contribution in [0.15, 0.2) is 60.7 Å². The van der Waals surface area contributed by atoms with Gasteiger partial charge in [-0.3, -0.25) is 0 Å². The number of unbranched alkanes of at least 4 members (excludes halogenated alkanes) is 6. The van der Waals surface area contributed by atoms with Crippen LogP contribution in [0.1, 0.15) is 81.9 Å². The van der Waals surface area contributed by atoms with E-state index in [1.165, 1.54) is 103 Å². The SMILES string of the molecule is CC(C)(C)[Si](C)(C)OCCCCCCc1ccc(-c2ccc(-c3cc4sc(-c5ccc(-c6ccc(CCCCCCO)s6)s5)cc4s3)s2)s1. The molecule has 0 saturated heterocycles. The van der Waals surface area contributed by atoms with E-state index in [0.717, 1.165) is 25.9 Å². The smallest absolute Gasteiger partial charge is 0.191 e. The molecule has 0 spiro atoms. The molecule has 0 bridgehead atoms. The molecule has 0 aliphatic heterocycles. The summed E-state index contributed by atoms with van der Waals surface area (Å²) in [6.45, 7) is 12.9. The van der Waals surface area contributed by atoms with Crippen molar-refractivity contribution in [1.82, 2.24) is 0 Å². The van der Waals surface area contributed by atoms with Crippen molar-refractivity contribution < 1.29 is 9.53 Å². The Morgan fingerprint density at radius 2 is 0.918 bits per heavy atom. The van der Waals surface area contributed by atoms with Gasteiger partial charge in [-0.25, -0.2) is 0 Å². The van der Waals surface area contributed by atoms with Crippen LogP contribution in [0, 0.1) is 0 Å². The van der Waals surface area contributed by atoms with Crippen molar-refractivity contribution in [2.75, 3.05) is 13.2 Å². The van der Waals surface area contributed by atoms with Crippen molar-refractivity contribution in [2.45, 2.75) is 103 Å². The molecule has 0 amide bonds. The lowest BCUT2D eigenvalue weighted by Crippen LogP contribution is -2.40. The highest BCUT2D eigenvalue weighted by Gasteiger charge is 2.36. The van der Waals surface area contributed by atoms with E-state index < -0.39 is 8.32 Å². The quantitative estimate of drug-likeness (QED) is 0.0695. The second-order valence-corrected chi connectivity index (χ2v) is 26.0. The van der Waals surface area contributed by atoms with Gasteiger partial charge in [-0.1, -0.05) is 46.5 Å². The molecule has 0 aliphatic carbocycles. The van der Waals surface area contributed by atoms with E-state index in [1.54, 1.807) is 0 Å². The average molecular weight is 783 g/mol. The molecule has 49 heavy (non-hydrogen) atoms. The average Bonchev–Trinajstić information content (AvgIpc) is 3.88. The van der Waals surface area contributed by atoms with E-state index in [1.807, 2.05) is 68.0 Å². The van der Waals surface area contributed by atoms with Gasteiger partial charge in [-0.15, -0.1) is 68.0 Å². The van der Waals surface area contributed by atoms with Gasteiger partial charge in [-0.2, -0.15) is 0 Å². The number of aliphatic hydroxyl groups is 1. The summed E-state index contributed by atoms with van der Waals surface area (Å²) in [5.41, 5.74) is 0. The number of hydrogen-bond acceptors (Lipinski definition) is 8. The van der Waals surface area contributed by atoms with Gasteiger partial charge in [0, 0.05) is 71.4 Å². The minimum Gasteiger partial charge on any atom is -0.417 e. The first-order valence-corrected chi connectivity index (χ1v) is 25.6. The van der Waals surface area contributed by atoms with Crippen LogP contribution in [-0.4, -0.2) is 26.6 Å². The summed E-state index contributed by atoms with van der Waals surface area (Å²) < 4.78 is 9.14. The lowest BCUT2D eigenvalue weighted by molar-refractivity contribution is 0.277. The maximum absolute atomic E-state index is 8.99. The molecule has 0 fully saturated rings. The van der Waals surface area contributed by atoms with Crippen LogP contribution in [-0.2, 0) is 17.3 Å². The molecule has 9 heteroatoms. The monoisotopic (exact) mass is 782 g/mol. The molecule has 0 unspecified atom stereocenters. The van der Waals surface area contributed by atoms with Crippen molar-refractivity contribution in [3.05, 3.63) is 70.4 Å². The van der Waals surface area contributed by atoms with Gasteiger partial charge in [0.25, 0.3) is 0 Å².